The fourth-order valence-corrected chi connectivity index (χ4v) is 3.45. The summed E-state index contributed by atoms with van der Waals surface area (Å²) in [5.74, 6) is -0.0728. The Balaban J connectivity index is 1.62. The fourth-order valence-electron chi connectivity index (χ4n) is 3.45. The number of hydrogen-bond acceptors (Lipinski definition) is 7. The second-order valence-electron chi connectivity index (χ2n) is 8.24. The van der Waals surface area contributed by atoms with Crippen molar-refractivity contribution in [2.24, 2.45) is 0 Å². The largest absolute Gasteiger partial charge is 0.463 e. The van der Waals surface area contributed by atoms with Crippen LogP contribution in [0.1, 0.15) is 57.1 Å². The molecule has 0 saturated heterocycles. The molecule has 4 aromatic rings. The van der Waals surface area contributed by atoms with Gasteiger partial charge in [0.1, 0.15) is 11.5 Å². The van der Waals surface area contributed by atoms with Crippen LogP contribution in [0.15, 0.2) is 47.3 Å². The number of carbonyl (C=O) groups excluding carboxylic acids is 2. The van der Waals surface area contributed by atoms with Crippen molar-refractivity contribution < 1.29 is 18.7 Å². The molecule has 1 N–H and O–H groups in total. The van der Waals surface area contributed by atoms with Crippen molar-refractivity contribution in [3.63, 3.8) is 0 Å². The number of carbonyl (C=O) groups is 2. The highest BCUT2D eigenvalue weighted by molar-refractivity contribution is 6.05. The van der Waals surface area contributed by atoms with Crippen molar-refractivity contribution in [2.75, 3.05) is 5.32 Å². The van der Waals surface area contributed by atoms with Gasteiger partial charge in [-0.2, -0.15) is 10.2 Å². The zero-order valence-corrected chi connectivity index (χ0v) is 19.1. The summed E-state index contributed by atoms with van der Waals surface area (Å²) in [4.78, 5) is 30.5. The van der Waals surface area contributed by atoms with Crippen LogP contribution in [0.4, 0.5) is 5.82 Å². The average Bonchev–Trinajstić information content (AvgIpc) is 3.52. The van der Waals surface area contributed by atoms with E-state index in [1.165, 1.54) is 13.2 Å². The molecule has 4 heterocycles. The lowest BCUT2D eigenvalue weighted by Crippen LogP contribution is -2.31. The number of fused-ring (bicyclic) bond motifs is 1. The van der Waals surface area contributed by atoms with Crippen molar-refractivity contribution in [1.82, 2.24) is 24.5 Å². The second-order valence-corrected chi connectivity index (χ2v) is 8.24. The molecule has 4 rings (SSSR count). The van der Waals surface area contributed by atoms with Gasteiger partial charge in [0, 0.05) is 18.2 Å². The standard InChI is InChI=1S/C23H26N6O4/c1-13(2)28-20(8-9-24-28)27-22(30)15(5)33-23(31)16-11-18(19-7-6-10-32-19)26-21-17(16)12-25-29(21)14(3)4/h6-15H,1-5H3,(H,27,30). The Morgan fingerprint density at radius 1 is 1.06 bits per heavy atom. The van der Waals surface area contributed by atoms with E-state index in [1.54, 1.807) is 46.0 Å². The van der Waals surface area contributed by atoms with Gasteiger partial charge in [0.15, 0.2) is 17.5 Å². The Morgan fingerprint density at radius 2 is 1.82 bits per heavy atom. The number of pyridine rings is 1. The normalized spacial score (nSPS) is 12.5. The molecule has 10 nitrogen and oxygen atoms in total. The molecular weight excluding hydrogens is 424 g/mol. The maximum Gasteiger partial charge on any atom is 0.339 e. The van der Waals surface area contributed by atoms with E-state index in [2.05, 4.69) is 20.5 Å². The highest BCUT2D eigenvalue weighted by Gasteiger charge is 2.25. The van der Waals surface area contributed by atoms with Gasteiger partial charge >= 0.3 is 5.97 Å². The van der Waals surface area contributed by atoms with Gasteiger partial charge in [-0.3, -0.25) is 4.79 Å². The molecule has 10 heteroatoms. The predicted molar refractivity (Wildman–Crippen MR) is 122 cm³/mol. The minimum atomic E-state index is -1.04. The highest BCUT2D eigenvalue weighted by atomic mass is 16.5. The Hall–Kier alpha value is -3.95. The van der Waals surface area contributed by atoms with Crippen LogP contribution < -0.4 is 5.32 Å². The molecule has 0 saturated carbocycles. The molecular formula is C23H26N6O4. The van der Waals surface area contributed by atoms with E-state index in [0.717, 1.165) is 0 Å². The van der Waals surface area contributed by atoms with Gasteiger partial charge in [0.25, 0.3) is 5.91 Å². The van der Waals surface area contributed by atoms with Crippen molar-refractivity contribution in [3.8, 4) is 11.5 Å². The SMILES string of the molecule is CC(OC(=O)c1cc(-c2ccco2)nc2c1cnn2C(C)C)C(=O)Nc1ccnn1C(C)C. The van der Waals surface area contributed by atoms with Crippen molar-refractivity contribution in [2.45, 2.75) is 52.8 Å². The first kappa shape index (κ1) is 22.3. The number of nitrogens with zero attached hydrogens (tertiary/aromatic N) is 5. The molecule has 0 aliphatic heterocycles. The van der Waals surface area contributed by atoms with Crippen molar-refractivity contribution >= 4 is 28.7 Å². The molecule has 0 aliphatic carbocycles. The van der Waals surface area contributed by atoms with Gasteiger partial charge < -0.3 is 14.5 Å². The summed E-state index contributed by atoms with van der Waals surface area (Å²) in [7, 11) is 0. The third-order valence-corrected chi connectivity index (χ3v) is 5.11. The summed E-state index contributed by atoms with van der Waals surface area (Å²) in [5.41, 5.74) is 1.26. The molecule has 1 amide bonds. The molecule has 1 unspecified atom stereocenters. The van der Waals surface area contributed by atoms with Gasteiger partial charge in [0.05, 0.1) is 29.6 Å². The number of nitrogens with one attached hydrogen (secondary N) is 1. The van der Waals surface area contributed by atoms with E-state index in [1.807, 2.05) is 27.7 Å². The van der Waals surface area contributed by atoms with E-state index in [-0.39, 0.29) is 17.6 Å². The van der Waals surface area contributed by atoms with Gasteiger partial charge in [-0.1, -0.05) is 0 Å². The lowest BCUT2D eigenvalue weighted by Gasteiger charge is -2.16. The number of furan rings is 1. The summed E-state index contributed by atoms with van der Waals surface area (Å²) < 4.78 is 14.4. The first-order valence-electron chi connectivity index (χ1n) is 10.7. The summed E-state index contributed by atoms with van der Waals surface area (Å²) in [6.45, 7) is 9.37. The van der Waals surface area contributed by atoms with Gasteiger partial charge in [-0.05, 0) is 52.8 Å². The van der Waals surface area contributed by atoms with Gasteiger partial charge in [-0.25, -0.2) is 19.1 Å². The number of hydrogen-bond donors (Lipinski definition) is 1. The first-order valence-corrected chi connectivity index (χ1v) is 10.7. The number of anilines is 1. The van der Waals surface area contributed by atoms with E-state index >= 15 is 0 Å². The molecule has 0 fully saturated rings. The van der Waals surface area contributed by atoms with Gasteiger partial charge in [-0.15, -0.1) is 0 Å². The van der Waals surface area contributed by atoms with Crippen molar-refractivity contribution in [1.29, 1.82) is 0 Å². The monoisotopic (exact) mass is 450 g/mol. The quantitative estimate of drug-likeness (QED) is 0.419. The molecule has 0 aromatic carbocycles. The number of amides is 1. The van der Waals surface area contributed by atoms with Crippen LogP contribution in [-0.2, 0) is 9.53 Å². The van der Waals surface area contributed by atoms with Crippen LogP contribution in [0.25, 0.3) is 22.5 Å². The maximum absolute atomic E-state index is 13.1. The molecule has 0 radical (unpaired) electrons. The average molecular weight is 450 g/mol. The lowest BCUT2D eigenvalue weighted by molar-refractivity contribution is -0.123. The molecule has 0 aliphatic rings. The first-order chi connectivity index (χ1) is 15.8. The van der Waals surface area contributed by atoms with E-state index in [4.69, 9.17) is 9.15 Å². The second kappa shape index (κ2) is 8.89. The Kier molecular flexibility index (Phi) is 5.99. The molecule has 0 spiro atoms. The van der Waals surface area contributed by atoms with E-state index in [9.17, 15) is 9.59 Å². The topological polar surface area (TPSA) is 117 Å². The third kappa shape index (κ3) is 4.36. The number of aromatic nitrogens is 5. The third-order valence-electron chi connectivity index (χ3n) is 5.11. The van der Waals surface area contributed by atoms with Crippen LogP contribution >= 0.6 is 0 Å². The smallest absolute Gasteiger partial charge is 0.339 e. The van der Waals surface area contributed by atoms with Crippen LogP contribution in [0.3, 0.4) is 0 Å². The summed E-state index contributed by atoms with van der Waals surface area (Å²) in [6.07, 6.45) is 3.68. The van der Waals surface area contributed by atoms with Crippen LogP contribution in [0, 0.1) is 0 Å². The molecule has 4 aromatic heterocycles. The van der Waals surface area contributed by atoms with E-state index in [0.29, 0.717) is 28.3 Å². The Morgan fingerprint density at radius 3 is 2.48 bits per heavy atom. The van der Waals surface area contributed by atoms with E-state index < -0.39 is 18.0 Å². The zero-order valence-electron chi connectivity index (χ0n) is 19.1. The highest BCUT2D eigenvalue weighted by Crippen LogP contribution is 2.27. The number of ether oxygens (including phenoxy) is 1. The molecule has 172 valence electrons. The maximum atomic E-state index is 13.1. The summed E-state index contributed by atoms with van der Waals surface area (Å²) >= 11 is 0. The zero-order chi connectivity index (χ0) is 23.7. The summed E-state index contributed by atoms with van der Waals surface area (Å²) in [5, 5.41) is 11.9. The van der Waals surface area contributed by atoms with Crippen LogP contribution in [0.5, 0.6) is 0 Å². The lowest BCUT2D eigenvalue weighted by atomic mass is 10.1. The Labute approximate surface area is 190 Å². The minimum Gasteiger partial charge on any atom is -0.463 e. The number of esters is 1. The van der Waals surface area contributed by atoms with Crippen LogP contribution in [-0.4, -0.2) is 42.5 Å². The minimum absolute atomic E-state index is 0.0289. The summed E-state index contributed by atoms with van der Waals surface area (Å²) in [6, 6.07) is 6.88. The predicted octanol–water partition coefficient (Wildman–Crippen LogP) is 4.23. The molecule has 0 bridgehead atoms. The molecule has 1 atom stereocenters. The van der Waals surface area contributed by atoms with Gasteiger partial charge in [0.2, 0.25) is 0 Å². The Bertz CT molecular complexity index is 1290. The fraction of sp³-hybridized carbons (Fsp3) is 0.348. The molecule has 33 heavy (non-hydrogen) atoms. The number of rotatable bonds is 7. The van der Waals surface area contributed by atoms with Crippen LogP contribution in [0.2, 0.25) is 0 Å². The van der Waals surface area contributed by atoms with Crippen molar-refractivity contribution in [3.05, 3.63) is 48.5 Å².